The van der Waals surface area contributed by atoms with Gasteiger partial charge in [0.25, 0.3) is 5.91 Å². The Morgan fingerprint density at radius 2 is 1.75 bits per heavy atom. The number of nitrogens with one attached hydrogen (secondary N) is 2. The average molecular weight is 359 g/mol. The van der Waals surface area contributed by atoms with Crippen LogP contribution in [0.1, 0.15) is 10.4 Å². The Bertz CT molecular complexity index is 766. The van der Waals surface area contributed by atoms with E-state index in [0.29, 0.717) is 0 Å². The van der Waals surface area contributed by atoms with Gasteiger partial charge in [-0.1, -0.05) is 29.8 Å². The van der Waals surface area contributed by atoms with Crippen LogP contribution in [0.25, 0.3) is 0 Å². The number of carbonyl (C=O) groups is 2. The Hall–Kier alpha value is -2.74. The van der Waals surface area contributed by atoms with Gasteiger partial charge in [-0.15, -0.1) is 13.2 Å². The average Bonchev–Trinajstić information content (AvgIpc) is 2.45. The highest BCUT2D eigenvalue weighted by Crippen LogP contribution is 2.25. The first kappa shape index (κ1) is 17.6. The second-order valence-corrected chi connectivity index (χ2v) is 4.87. The predicted molar refractivity (Wildman–Crippen MR) is 81.1 cm³/mol. The van der Waals surface area contributed by atoms with Gasteiger partial charge in [0.15, 0.2) is 0 Å². The van der Waals surface area contributed by atoms with Crippen molar-refractivity contribution in [3.05, 3.63) is 59.1 Å². The van der Waals surface area contributed by atoms with Gasteiger partial charge in [-0.05, 0) is 24.3 Å². The number of anilines is 1. The van der Waals surface area contributed by atoms with Crippen molar-refractivity contribution < 1.29 is 27.5 Å². The van der Waals surface area contributed by atoms with E-state index in [0.717, 1.165) is 12.1 Å². The van der Waals surface area contributed by atoms with Gasteiger partial charge < -0.3 is 10.1 Å². The highest BCUT2D eigenvalue weighted by molar-refractivity contribution is 6.34. The second-order valence-electron chi connectivity index (χ2n) is 4.46. The maximum Gasteiger partial charge on any atom is 0.573 e. The minimum atomic E-state index is -4.85. The third kappa shape index (κ3) is 5.17. The lowest BCUT2D eigenvalue weighted by Crippen LogP contribution is -2.34. The first-order valence-electron chi connectivity index (χ1n) is 6.47. The Morgan fingerprint density at radius 1 is 1.04 bits per heavy atom. The van der Waals surface area contributed by atoms with E-state index in [1.807, 2.05) is 5.32 Å². The molecule has 0 unspecified atom stereocenters. The zero-order valence-corrected chi connectivity index (χ0v) is 12.6. The van der Waals surface area contributed by atoms with Crippen LogP contribution in [0.2, 0.25) is 5.02 Å². The largest absolute Gasteiger partial charge is 0.573 e. The van der Waals surface area contributed by atoms with Crippen molar-refractivity contribution in [2.75, 3.05) is 5.32 Å². The van der Waals surface area contributed by atoms with Crippen molar-refractivity contribution in [1.82, 2.24) is 5.32 Å². The summed E-state index contributed by atoms with van der Waals surface area (Å²) < 4.78 is 40.2. The summed E-state index contributed by atoms with van der Waals surface area (Å²) in [5.41, 5.74) is 0.102. The van der Waals surface area contributed by atoms with Gasteiger partial charge in [0.1, 0.15) is 5.75 Å². The van der Waals surface area contributed by atoms with Crippen LogP contribution in [0, 0.1) is 0 Å². The zero-order chi connectivity index (χ0) is 17.7. The second kappa shape index (κ2) is 7.22. The Kier molecular flexibility index (Phi) is 5.30. The lowest BCUT2D eigenvalue weighted by atomic mass is 10.2. The SMILES string of the molecule is O=C(NC(=O)c1ccccc1Cl)Nc1cccc(OC(F)(F)F)c1. The molecule has 5 nitrogen and oxygen atoms in total. The Balaban J connectivity index is 2.01. The molecule has 0 aliphatic carbocycles. The molecule has 0 heterocycles. The molecular weight excluding hydrogens is 349 g/mol. The Morgan fingerprint density at radius 3 is 2.42 bits per heavy atom. The molecule has 2 rings (SSSR count). The molecule has 0 saturated carbocycles. The molecule has 0 bridgehead atoms. The predicted octanol–water partition coefficient (Wildman–Crippen LogP) is 4.20. The molecule has 3 amide bonds. The number of benzene rings is 2. The third-order valence-electron chi connectivity index (χ3n) is 2.67. The summed E-state index contributed by atoms with van der Waals surface area (Å²) in [5.74, 6) is -1.25. The number of halogens is 4. The summed E-state index contributed by atoms with van der Waals surface area (Å²) in [6, 6.07) is 9.79. The van der Waals surface area contributed by atoms with Crippen LogP contribution in [0.4, 0.5) is 23.7 Å². The van der Waals surface area contributed by atoms with E-state index in [1.165, 1.54) is 24.3 Å². The van der Waals surface area contributed by atoms with Crippen LogP contribution in [0.15, 0.2) is 48.5 Å². The Labute approximate surface area is 139 Å². The van der Waals surface area contributed by atoms with Crippen molar-refractivity contribution in [1.29, 1.82) is 0 Å². The minimum absolute atomic E-state index is 0.0150. The summed E-state index contributed by atoms with van der Waals surface area (Å²) in [5, 5.41) is 4.40. The van der Waals surface area contributed by atoms with E-state index in [1.54, 1.807) is 12.1 Å². The maximum absolute atomic E-state index is 12.2. The number of imide groups is 1. The molecule has 2 N–H and O–H groups in total. The lowest BCUT2D eigenvalue weighted by Gasteiger charge is -2.11. The molecular formula is C15H10ClF3N2O3. The van der Waals surface area contributed by atoms with E-state index in [9.17, 15) is 22.8 Å². The summed E-state index contributed by atoms with van der Waals surface area (Å²) >= 11 is 5.83. The van der Waals surface area contributed by atoms with Crippen LogP contribution in [0.3, 0.4) is 0 Å². The first-order valence-corrected chi connectivity index (χ1v) is 6.85. The summed E-state index contributed by atoms with van der Waals surface area (Å²) in [6.07, 6.45) is -4.85. The van der Waals surface area contributed by atoms with Crippen LogP contribution < -0.4 is 15.4 Å². The molecule has 24 heavy (non-hydrogen) atoms. The molecule has 0 aliphatic heterocycles. The molecule has 2 aromatic rings. The first-order chi connectivity index (χ1) is 11.2. The van der Waals surface area contributed by atoms with E-state index >= 15 is 0 Å². The van der Waals surface area contributed by atoms with Crippen molar-refractivity contribution in [3.8, 4) is 5.75 Å². The molecule has 0 aromatic heterocycles. The van der Waals surface area contributed by atoms with Gasteiger partial charge in [-0.2, -0.15) is 0 Å². The minimum Gasteiger partial charge on any atom is -0.406 e. The van der Waals surface area contributed by atoms with Crippen LogP contribution in [-0.4, -0.2) is 18.3 Å². The van der Waals surface area contributed by atoms with Gasteiger partial charge >= 0.3 is 12.4 Å². The maximum atomic E-state index is 12.2. The number of amides is 3. The fourth-order valence-electron chi connectivity index (χ4n) is 1.75. The number of urea groups is 1. The monoisotopic (exact) mass is 358 g/mol. The quantitative estimate of drug-likeness (QED) is 0.864. The molecule has 126 valence electrons. The zero-order valence-electron chi connectivity index (χ0n) is 11.9. The molecule has 0 aliphatic rings. The highest BCUT2D eigenvalue weighted by Gasteiger charge is 2.31. The molecule has 0 atom stereocenters. The molecule has 9 heteroatoms. The van der Waals surface area contributed by atoms with Crippen LogP contribution in [0.5, 0.6) is 5.75 Å². The summed E-state index contributed by atoms with van der Waals surface area (Å²) in [4.78, 5) is 23.6. The number of hydrogen-bond acceptors (Lipinski definition) is 3. The number of alkyl halides is 3. The van der Waals surface area contributed by atoms with Crippen molar-refractivity contribution in [2.24, 2.45) is 0 Å². The van der Waals surface area contributed by atoms with Crippen LogP contribution >= 0.6 is 11.6 Å². The van der Waals surface area contributed by atoms with E-state index in [2.05, 4.69) is 10.1 Å². The lowest BCUT2D eigenvalue weighted by molar-refractivity contribution is -0.274. The number of carbonyl (C=O) groups excluding carboxylic acids is 2. The van der Waals surface area contributed by atoms with Gasteiger partial charge in [0.05, 0.1) is 10.6 Å². The number of hydrogen-bond donors (Lipinski definition) is 2. The van der Waals surface area contributed by atoms with E-state index in [-0.39, 0.29) is 16.3 Å². The van der Waals surface area contributed by atoms with Crippen molar-refractivity contribution in [2.45, 2.75) is 6.36 Å². The molecule has 0 saturated heterocycles. The fourth-order valence-corrected chi connectivity index (χ4v) is 1.97. The molecule has 0 radical (unpaired) electrons. The molecule has 0 spiro atoms. The van der Waals surface area contributed by atoms with E-state index in [4.69, 9.17) is 11.6 Å². The fraction of sp³-hybridized carbons (Fsp3) is 0.0667. The van der Waals surface area contributed by atoms with Crippen molar-refractivity contribution >= 4 is 29.2 Å². The highest BCUT2D eigenvalue weighted by atomic mass is 35.5. The number of rotatable bonds is 3. The number of ether oxygens (including phenoxy) is 1. The topological polar surface area (TPSA) is 67.4 Å². The van der Waals surface area contributed by atoms with Crippen LogP contribution in [-0.2, 0) is 0 Å². The summed E-state index contributed by atoms with van der Waals surface area (Å²) in [7, 11) is 0. The smallest absolute Gasteiger partial charge is 0.406 e. The van der Waals surface area contributed by atoms with Gasteiger partial charge in [-0.25, -0.2) is 4.79 Å². The molecule has 2 aromatic carbocycles. The standard InChI is InChI=1S/C15H10ClF3N2O3/c16-12-7-2-1-6-11(12)13(22)21-14(23)20-9-4-3-5-10(8-9)24-15(17,18)19/h1-8H,(H2,20,21,22,23). The van der Waals surface area contributed by atoms with Crippen molar-refractivity contribution in [3.63, 3.8) is 0 Å². The normalized spacial score (nSPS) is 10.8. The van der Waals surface area contributed by atoms with Gasteiger partial charge in [-0.3, -0.25) is 10.1 Å². The van der Waals surface area contributed by atoms with E-state index < -0.39 is 24.1 Å². The van der Waals surface area contributed by atoms with Gasteiger partial charge in [0.2, 0.25) is 0 Å². The molecule has 0 fully saturated rings. The third-order valence-corrected chi connectivity index (χ3v) is 3.00. The van der Waals surface area contributed by atoms with Gasteiger partial charge in [0, 0.05) is 11.8 Å². The summed E-state index contributed by atoms with van der Waals surface area (Å²) in [6.45, 7) is 0.